The Morgan fingerprint density at radius 2 is 1.66 bits per heavy atom. The lowest BCUT2D eigenvalue weighted by Crippen LogP contribution is -2.28. The van der Waals surface area contributed by atoms with Gasteiger partial charge in [-0.2, -0.15) is 0 Å². The summed E-state index contributed by atoms with van der Waals surface area (Å²) in [5, 5.41) is 1.19. The van der Waals surface area contributed by atoms with Crippen molar-refractivity contribution >= 4 is 16.9 Å². The molecule has 0 saturated carbocycles. The molecule has 0 saturated heterocycles. The van der Waals surface area contributed by atoms with Crippen LogP contribution in [0.4, 0.5) is 0 Å². The third kappa shape index (κ3) is 6.51. The highest BCUT2D eigenvalue weighted by atomic mass is 16.5. The highest BCUT2D eigenvalue weighted by Gasteiger charge is 2.16. The number of hydrogen-bond donors (Lipinski definition) is 3. The Morgan fingerprint density at radius 1 is 0.943 bits per heavy atom. The summed E-state index contributed by atoms with van der Waals surface area (Å²) in [6.07, 6.45) is 1.72. The number of H-pyrrole nitrogens is 1. The van der Waals surface area contributed by atoms with E-state index in [9.17, 15) is 0 Å². The fourth-order valence-electron chi connectivity index (χ4n) is 4.34. The molecule has 1 aromatic heterocycles. The molecule has 9 nitrogen and oxygen atoms in total. The number of aromatic amines is 1. The molecule has 2 aromatic carbocycles. The van der Waals surface area contributed by atoms with Gasteiger partial charge >= 0.3 is 0 Å². The van der Waals surface area contributed by atoms with E-state index in [1.165, 1.54) is 16.6 Å². The van der Waals surface area contributed by atoms with Gasteiger partial charge < -0.3 is 35.4 Å². The van der Waals surface area contributed by atoms with Crippen LogP contribution in [-0.2, 0) is 13.0 Å². The van der Waals surface area contributed by atoms with Gasteiger partial charge in [0.05, 0.1) is 28.4 Å². The lowest BCUT2D eigenvalue weighted by molar-refractivity contribution is 0.265. The predicted octanol–water partition coefficient (Wildman–Crippen LogP) is 3.22. The number of guanidine groups is 1. The number of rotatable bonds is 13. The van der Waals surface area contributed by atoms with Gasteiger partial charge in [0.15, 0.2) is 17.5 Å². The Balaban J connectivity index is 1.83. The average molecular weight is 484 g/mol. The van der Waals surface area contributed by atoms with Crippen molar-refractivity contribution in [2.24, 2.45) is 16.5 Å². The Morgan fingerprint density at radius 3 is 2.26 bits per heavy atom. The van der Waals surface area contributed by atoms with E-state index in [2.05, 4.69) is 33.9 Å². The number of nitrogens with one attached hydrogen (secondary N) is 1. The fourth-order valence-corrected chi connectivity index (χ4v) is 4.34. The topological polar surface area (TPSA) is 120 Å². The number of nitrogens with two attached hydrogens (primary N) is 2. The number of fused-ring (bicyclic) bond motifs is 1. The molecule has 0 amide bonds. The fraction of sp³-hybridized carbons (Fsp3) is 0.423. The van der Waals surface area contributed by atoms with Gasteiger partial charge in [-0.05, 0) is 61.2 Å². The van der Waals surface area contributed by atoms with Crippen molar-refractivity contribution in [2.45, 2.75) is 26.3 Å². The maximum Gasteiger partial charge on any atom is 0.203 e. The van der Waals surface area contributed by atoms with Crippen molar-refractivity contribution in [3.05, 3.63) is 47.2 Å². The van der Waals surface area contributed by atoms with E-state index in [0.29, 0.717) is 30.3 Å². The van der Waals surface area contributed by atoms with Gasteiger partial charge in [0.2, 0.25) is 5.75 Å². The van der Waals surface area contributed by atoms with Gasteiger partial charge in [0.25, 0.3) is 0 Å². The van der Waals surface area contributed by atoms with E-state index >= 15 is 0 Å². The molecule has 190 valence electrons. The van der Waals surface area contributed by atoms with Crippen molar-refractivity contribution in [3.8, 4) is 23.0 Å². The van der Waals surface area contributed by atoms with Crippen LogP contribution in [0.15, 0.2) is 35.3 Å². The Hall–Kier alpha value is -3.59. The molecule has 1 heterocycles. The van der Waals surface area contributed by atoms with Crippen LogP contribution in [0.3, 0.4) is 0 Å². The van der Waals surface area contributed by atoms with Crippen molar-refractivity contribution in [3.63, 3.8) is 0 Å². The summed E-state index contributed by atoms with van der Waals surface area (Å²) in [5.74, 6) is 2.83. The van der Waals surface area contributed by atoms with Gasteiger partial charge in [0.1, 0.15) is 5.75 Å². The molecule has 0 fully saturated rings. The van der Waals surface area contributed by atoms with E-state index in [1.807, 2.05) is 18.2 Å². The molecule has 0 aliphatic carbocycles. The summed E-state index contributed by atoms with van der Waals surface area (Å²) < 4.78 is 22.0. The van der Waals surface area contributed by atoms with E-state index in [4.69, 9.17) is 30.4 Å². The van der Waals surface area contributed by atoms with Crippen LogP contribution in [0.5, 0.6) is 23.0 Å². The lowest BCUT2D eigenvalue weighted by atomic mass is 10.1. The van der Waals surface area contributed by atoms with E-state index < -0.39 is 0 Å². The predicted molar refractivity (Wildman–Crippen MR) is 140 cm³/mol. The van der Waals surface area contributed by atoms with E-state index in [0.717, 1.165) is 42.8 Å². The largest absolute Gasteiger partial charge is 0.497 e. The second kappa shape index (κ2) is 12.2. The first-order valence-electron chi connectivity index (χ1n) is 11.6. The average Bonchev–Trinajstić information content (AvgIpc) is 3.17. The minimum atomic E-state index is 0.115. The van der Waals surface area contributed by atoms with Crippen molar-refractivity contribution in [2.75, 3.05) is 48.1 Å². The van der Waals surface area contributed by atoms with Gasteiger partial charge in [-0.1, -0.05) is 0 Å². The molecular formula is C26H37N5O4. The molecular weight excluding hydrogens is 446 g/mol. The zero-order valence-electron chi connectivity index (χ0n) is 21.3. The van der Waals surface area contributed by atoms with E-state index in [1.54, 1.807) is 28.4 Å². The highest BCUT2D eigenvalue weighted by molar-refractivity contribution is 5.86. The zero-order chi connectivity index (χ0) is 25.4. The number of aryl methyl sites for hydroxylation is 1. The number of hydrogen-bond acceptors (Lipinski definition) is 6. The van der Waals surface area contributed by atoms with Crippen molar-refractivity contribution in [1.29, 1.82) is 0 Å². The van der Waals surface area contributed by atoms with Crippen LogP contribution < -0.4 is 30.4 Å². The second-order valence-corrected chi connectivity index (χ2v) is 8.36. The SMILES string of the molecule is COc1ccc2[nH]c(C)c(CCN(CCCN=C(N)N)Cc3cc(OC)c(OC)c(OC)c3)c2c1. The minimum Gasteiger partial charge on any atom is -0.497 e. The lowest BCUT2D eigenvalue weighted by Gasteiger charge is -2.23. The standard InChI is InChI=1S/C26H37N5O4/c1-17-20(21-15-19(32-2)7-8-22(21)30-17)9-12-31(11-6-10-29-26(27)28)16-18-13-23(33-3)25(35-5)24(14-18)34-4/h7-8,13-15,30H,6,9-12,16H2,1-5H3,(H4,27,28,29). The third-order valence-corrected chi connectivity index (χ3v) is 6.06. The molecule has 0 spiro atoms. The van der Waals surface area contributed by atoms with Gasteiger partial charge in [-0.25, -0.2) is 0 Å². The van der Waals surface area contributed by atoms with Crippen LogP contribution in [0, 0.1) is 6.92 Å². The molecule has 0 aliphatic heterocycles. The molecule has 9 heteroatoms. The quantitative estimate of drug-likeness (QED) is 0.194. The Kier molecular flexibility index (Phi) is 9.08. The molecule has 3 rings (SSSR count). The van der Waals surface area contributed by atoms with Gasteiger partial charge in [-0.15, -0.1) is 0 Å². The Labute approximate surface area is 207 Å². The first-order valence-corrected chi connectivity index (χ1v) is 11.6. The van der Waals surface area contributed by atoms with Gasteiger partial charge in [-0.3, -0.25) is 9.89 Å². The smallest absolute Gasteiger partial charge is 0.203 e. The number of ether oxygens (including phenoxy) is 4. The van der Waals surface area contributed by atoms with Crippen LogP contribution in [-0.4, -0.2) is 63.9 Å². The minimum absolute atomic E-state index is 0.115. The van der Waals surface area contributed by atoms with Crippen LogP contribution in [0.1, 0.15) is 23.2 Å². The van der Waals surface area contributed by atoms with Crippen LogP contribution in [0.2, 0.25) is 0 Å². The first kappa shape index (κ1) is 26.0. The number of benzene rings is 2. The van der Waals surface area contributed by atoms with Gasteiger partial charge in [0, 0.05) is 42.8 Å². The summed E-state index contributed by atoms with van der Waals surface area (Å²) >= 11 is 0. The molecule has 5 N–H and O–H groups in total. The number of methoxy groups -OCH3 is 4. The summed E-state index contributed by atoms with van der Waals surface area (Å²) in [6, 6.07) is 10.1. The molecule has 0 radical (unpaired) electrons. The number of aliphatic imine (C=N–C) groups is 1. The number of nitrogens with zero attached hydrogens (tertiary/aromatic N) is 2. The monoisotopic (exact) mass is 483 g/mol. The molecule has 0 aliphatic rings. The van der Waals surface area contributed by atoms with Crippen molar-refractivity contribution < 1.29 is 18.9 Å². The van der Waals surface area contributed by atoms with Crippen LogP contribution >= 0.6 is 0 Å². The second-order valence-electron chi connectivity index (χ2n) is 8.36. The maximum absolute atomic E-state index is 5.55. The molecule has 3 aromatic rings. The van der Waals surface area contributed by atoms with E-state index in [-0.39, 0.29) is 5.96 Å². The third-order valence-electron chi connectivity index (χ3n) is 6.06. The summed E-state index contributed by atoms with van der Waals surface area (Å²) in [5.41, 5.74) is 15.6. The van der Waals surface area contributed by atoms with Crippen molar-refractivity contribution in [1.82, 2.24) is 9.88 Å². The maximum atomic E-state index is 5.55. The highest BCUT2D eigenvalue weighted by Crippen LogP contribution is 2.38. The summed E-state index contributed by atoms with van der Waals surface area (Å²) in [7, 11) is 6.55. The normalized spacial score (nSPS) is 11.0. The Bertz CT molecular complexity index is 1130. The molecule has 0 atom stereocenters. The van der Waals surface area contributed by atoms with Crippen LogP contribution in [0.25, 0.3) is 10.9 Å². The first-order chi connectivity index (χ1) is 16.9. The molecule has 0 bridgehead atoms. The molecule has 0 unspecified atom stereocenters. The molecule has 35 heavy (non-hydrogen) atoms. The number of aromatic nitrogens is 1. The summed E-state index contributed by atoms with van der Waals surface area (Å²) in [6.45, 7) is 5.09. The summed E-state index contributed by atoms with van der Waals surface area (Å²) in [4.78, 5) is 10.0. The zero-order valence-corrected chi connectivity index (χ0v) is 21.3.